The average molecular weight is 176 g/mol. The van der Waals surface area contributed by atoms with Crippen LogP contribution >= 0.6 is 0 Å². The highest BCUT2D eigenvalue weighted by Gasteiger charge is 1.94. The van der Waals surface area contributed by atoms with E-state index in [0.717, 1.165) is 12.2 Å². The Bertz CT molecular complexity index is 303. The minimum absolute atomic E-state index is 0.884. The summed E-state index contributed by atoms with van der Waals surface area (Å²) in [4.78, 5) is 4.34. The van der Waals surface area contributed by atoms with Gasteiger partial charge >= 0.3 is 0 Å². The first-order chi connectivity index (χ1) is 6.24. The smallest absolute Gasteiger partial charge is 0.0656 e. The second-order valence-corrected chi connectivity index (χ2v) is 3.17. The molecule has 1 N–H and O–H groups in total. The van der Waals surface area contributed by atoms with Crippen molar-refractivity contribution in [3.05, 3.63) is 35.2 Å². The lowest BCUT2D eigenvalue weighted by Gasteiger charge is -2.00. The Morgan fingerprint density at radius 1 is 1.46 bits per heavy atom. The number of nitrogens with one attached hydrogen (secondary N) is 1. The van der Waals surface area contributed by atoms with Gasteiger partial charge in [0.2, 0.25) is 0 Å². The quantitative estimate of drug-likeness (QED) is 0.761. The Labute approximate surface area is 79.7 Å². The molecule has 0 fully saturated rings. The van der Waals surface area contributed by atoms with Crippen molar-refractivity contribution in [2.24, 2.45) is 0 Å². The molecule has 0 saturated heterocycles. The molecule has 0 unspecified atom stereocenters. The molecule has 0 aliphatic rings. The molecule has 1 heterocycles. The van der Waals surface area contributed by atoms with Crippen molar-refractivity contribution in [2.75, 3.05) is 13.6 Å². The van der Waals surface area contributed by atoms with Gasteiger partial charge in [-0.25, -0.2) is 0 Å². The lowest BCUT2D eigenvalue weighted by Crippen LogP contribution is -2.03. The predicted molar refractivity (Wildman–Crippen MR) is 56.7 cm³/mol. The van der Waals surface area contributed by atoms with Gasteiger partial charge < -0.3 is 5.32 Å². The number of hydrogen-bond acceptors (Lipinski definition) is 2. The maximum absolute atomic E-state index is 4.34. The summed E-state index contributed by atoms with van der Waals surface area (Å²) >= 11 is 0. The molecule has 2 nitrogen and oxygen atoms in total. The molecule has 1 aromatic rings. The van der Waals surface area contributed by atoms with Gasteiger partial charge in [-0.3, -0.25) is 4.98 Å². The van der Waals surface area contributed by atoms with Crippen LogP contribution in [0.1, 0.15) is 16.8 Å². The molecule has 70 valence electrons. The summed E-state index contributed by atoms with van der Waals surface area (Å²) in [6.45, 7) is 5.02. The summed E-state index contributed by atoms with van der Waals surface area (Å²) in [5.41, 5.74) is 3.50. The van der Waals surface area contributed by atoms with Gasteiger partial charge in [-0.05, 0) is 38.1 Å². The average Bonchev–Trinajstić information content (AvgIpc) is 2.09. The van der Waals surface area contributed by atoms with Crippen molar-refractivity contribution < 1.29 is 0 Å². The first-order valence-electron chi connectivity index (χ1n) is 4.48. The Balaban J connectivity index is 2.77. The van der Waals surface area contributed by atoms with Crippen molar-refractivity contribution in [1.29, 1.82) is 0 Å². The third-order valence-electron chi connectivity index (χ3n) is 1.85. The zero-order valence-corrected chi connectivity index (χ0v) is 8.46. The second kappa shape index (κ2) is 4.77. The van der Waals surface area contributed by atoms with E-state index in [9.17, 15) is 0 Å². The minimum Gasteiger partial charge on any atom is -0.316 e. The fraction of sp³-hybridized carbons (Fsp3) is 0.364. The lowest BCUT2D eigenvalue weighted by molar-refractivity contribution is 0.922. The summed E-state index contributed by atoms with van der Waals surface area (Å²) < 4.78 is 0. The first-order valence-corrected chi connectivity index (χ1v) is 4.48. The SMILES string of the molecule is CNCC=Cc1ncc(C)cc1C. The van der Waals surface area contributed by atoms with E-state index in [-0.39, 0.29) is 0 Å². The molecule has 13 heavy (non-hydrogen) atoms. The topological polar surface area (TPSA) is 24.9 Å². The molecule has 0 spiro atoms. The number of pyridine rings is 1. The molecule has 0 amide bonds. The van der Waals surface area contributed by atoms with Gasteiger partial charge in [-0.15, -0.1) is 0 Å². The predicted octanol–water partition coefficient (Wildman–Crippen LogP) is 1.93. The van der Waals surface area contributed by atoms with Crippen LogP contribution in [0.2, 0.25) is 0 Å². The molecule has 0 saturated carbocycles. The number of nitrogens with zero attached hydrogens (tertiary/aromatic N) is 1. The van der Waals surface area contributed by atoms with Crippen LogP contribution in [-0.2, 0) is 0 Å². The summed E-state index contributed by atoms with van der Waals surface area (Å²) in [5.74, 6) is 0. The highest BCUT2D eigenvalue weighted by atomic mass is 14.8. The van der Waals surface area contributed by atoms with Gasteiger partial charge in [0.05, 0.1) is 5.69 Å². The molecule has 0 atom stereocenters. The van der Waals surface area contributed by atoms with Crippen LogP contribution < -0.4 is 5.32 Å². The van der Waals surface area contributed by atoms with Gasteiger partial charge in [0.1, 0.15) is 0 Å². The monoisotopic (exact) mass is 176 g/mol. The van der Waals surface area contributed by atoms with Gasteiger partial charge in [-0.2, -0.15) is 0 Å². The maximum Gasteiger partial charge on any atom is 0.0656 e. The third-order valence-corrected chi connectivity index (χ3v) is 1.85. The van der Waals surface area contributed by atoms with Crippen LogP contribution in [0.15, 0.2) is 18.3 Å². The van der Waals surface area contributed by atoms with E-state index in [0.29, 0.717) is 0 Å². The summed E-state index contributed by atoms with van der Waals surface area (Å²) in [5, 5.41) is 3.05. The Hall–Kier alpha value is -1.15. The fourth-order valence-corrected chi connectivity index (χ4v) is 1.19. The van der Waals surface area contributed by atoms with E-state index in [2.05, 4.69) is 36.3 Å². The van der Waals surface area contributed by atoms with E-state index in [4.69, 9.17) is 0 Å². The second-order valence-electron chi connectivity index (χ2n) is 3.17. The normalized spacial score (nSPS) is 11.0. The van der Waals surface area contributed by atoms with Crippen LogP contribution in [0, 0.1) is 13.8 Å². The number of hydrogen-bond donors (Lipinski definition) is 1. The third kappa shape index (κ3) is 2.99. The molecule has 1 rings (SSSR count). The van der Waals surface area contributed by atoms with Gasteiger partial charge in [-0.1, -0.05) is 12.1 Å². The number of aromatic nitrogens is 1. The van der Waals surface area contributed by atoms with E-state index in [1.807, 2.05) is 19.3 Å². The Morgan fingerprint density at radius 3 is 2.85 bits per heavy atom. The molecule has 0 aliphatic carbocycles. The maximum atomic E-state index is 4.34. The molecule has 0 aromatic carbocycles. The van der Waals surface area contributed by atoms with E-state index in [1.165, 1.54) is 11.1 Å². The van der Waals surface area contributed by atoms with Gasteiger partial charge in [0.25, 0.3) is 0 Å². The summed E-state index contributed by atoms with van der Waals surface area (Å²) in [6, 6.07) is 2.14. The highest BCUT2D eigenvalue weighted by molar-refractivity contribution is 5.49. The zero-order chi connectivity index (χ0) is 9.68. The molecule has 0 aliphatic heterocycles. The van der Waals surface area contributed by atoms with Crippen molar-refractivity contribution in [1.82, 2.24) is 10.3 Å². The standard InChI is InChI=1S/C11H16N2/c1-9-7-10(2)11(13-8-9)5-4-6-12-3/h4-5,7-8,12H,6H2,1-3H3. The van der Waals surface area contributed by atoms with Crippen molar-refractivity contribution in [2.45, 2.75) is 13.8 Å². The molecule has 2 heteroatoms. The number of aryl methyl sites for hydroxylation is 2. The van der Waals surface area contributed by atoms with Crippen LogP contribution in [0.4, 0.5) is 0 Å². The molecular formula is C11H16N2. The summed E-state index contributed by atoms with van der Waals surface area (Å²) in [7, 11) is 1.93. The number of likely N-dealkylation sites (N-methyl/N-ethyl adjacent to an activating group) is 1. The van der Waals surface area contributed by atoms with Crippen molar-refractivity contribution >= 4 is 6.08 Å². The molecule has 0 bridgehead atoms. The van der Waals surface area contributed by atoms with Crippen LogP contribution in [0.5, 0.6) is 0 Å². The fourth-order valence-electron chi connectivity index (χ4n) is 1.19. The van der Waals surface area contributed by atoms with Crippen LogP contribution in [-0.4, -0.2) is 18.6 Å². The number of rotatable bonds is 3. The highest BCUT2D eigenvalue weighted by Crippen LogP contribution is 2.07. The Morgan fingerprint density at radius 2 is 2.23 bits per heavy atom. The molecular weight excluding hydrogens is 160 g/mol. The van der Waals surface area contributed by atoms with E-state index < -0.39 is 0 Å². The first kappa shape index (κ1) is 9.93. The molecule has 1 aromatic heterocycles. The zero-order valence-electron chi connectivity index (χ0n) is 8.46. The van der Waals surface area contributed by atoms with Crippen molar-refractivity contribution in [3.8, 4) is 0 Å². The Kier molecular flexibility index (Phi) is 3.65. The van der Waals surface area contributed by atoms with Crippen LogP contribution in [0.3, 0.4) is 0 Å². The largest absolute Gasteiger partial charge is 0.316 e. The summed E-state index contributed by atoms with van der Waals surface area (Å²) in [6.07, 6.45) is 6.02. The van der Waals surface area contributed by atoms with Gasteiger partial charge in [0, 0.05) is 12.7 Å². The van der Waals surface area contributed by atoms with E-state index >= 15 is 0 Å². The van der Waals surface area contributed by atoms with E-state index in [1.54, 1.807) is 0 Å². The lowest BCUT2D eigenvalue weighted by atomic mass is 10.1. The van der Waals surface area contributed by atoms with Crippen molar-refractivity contribution in [3.63, 3.8) is 0 Å². The van der Waals surface area contributed by atoms with Crippen LogP contribution in [0.25, 0.3) is 6.08 Å². The minimum atomic E-state index is 0.884. The molecule has 0 radical (unpaired) electrons. The van der Waals surface area contributed by atoms with Gasteiger partial charge in [0.15, 0.2) is 0 Å².